The lowest BCUT2D eigenvalue weighted by atomic mass is 9.92. The van der Waals surface area contributed by atoms with Crippen LogP contribution in [-0.2, 0) is 64.3 Å². The molecule has 0 bridgehead atoms. The Kier molecular flexibility index (Phi) is 14.1. The summed E-state index contributed by atoms with van der Waals surface area (Å²) in [7, 11) is 0. The summed E-state index contributed by atoms with van der Waals surface area (Å²) in [6, 6.07) is 31.0. The third-order valence-corrected chi connectivity index (χ3v) is 10.9. The van der Waals surface area contributed by atoms with E-state index in [0.29, 0.717) is 0 Å². The maximum Gasteiger partial charge on any atom is 0.312 e. The second-order valence-electron chi connectivity index (χ2n) is 15.8. The number of benzene rings is 4. The molecule has 0 spiro atoms. The Hall–Kier alpha value is -7.88. The van der Waals surface area contributed by atoms with Gasteiger partial charge in [-0.15, -0.1) is 0 Å². The standard InChI is InChI=1S/C49H48N8O8/c58-45(17-21-54-29-41-13-5-1-9-37(41)25-50-54)62-33-49(34-63-46(59)18-22-55-30-42-14-6-2-10-38(42)26-51-55,35-64-47(60)19-23-56-31-43-15-7-3-11-39(43)27-52-56)36-65-48(61)20-24-57-32-44-16-8-4-12-40(44)28-53-57/h1-16,25-32H,17-24,33-36H2/q+4. The Labute approximate surface area is 373 Å². The van der Waals surface area contributed by atoms with Gasteiger partial charge < -0.3 is 18.9 Å². The van der Waals surface area contributed by atoms with E-state index in [9.17, 15) is 19.2 Å². The molecule has 65 heavy (non-hydrogen) atoms. The minimum absolute atomic E-state index is 0.0482. The molecular formula is C49H48N8O8+4. The van der Waals surface area contributed by atoms with E-state index >= 15 is 0 Å². The number of hydrogen-bond acceptors (Lipinski definition) is 12. The van der Waals surface area contributed by atoms with Crippen molar-refractivity contribution in [3.63, 3.8) is 0 Å². The van der Waals surface area contributed by atoms with Crippen molar-refractivity contribution in [2.45, 2.75) is 51.9 Å². The summed E-state index contributed by atoms with van der Waals surface area (Å²) < 4.78 is 29.9. The molecule has 4 aromatic heterocycles. The van der Waals surface area contributed by atoms with Gasteiger partial charge in [0, 0.05) is 43.1 Å². The van der Waals surface area contributed by atoms with Crippen molar-refractivity contribution >= 4 is 67.0 Å². The minimum Gasteiger partial charge on any atom is -0.464 e. The molecule has 0 aliphatic carbocycles. The van der Waals surface area contributed by atoms with Crippen LogP contribution in [0, 0.1) is 5.41 Å². The van der Waals surface area contributed by atoms with Crippen LogP contribution in [0.1, 0.15) is 25.7 Å². The van der Waals surface area contributed by atoms with Gasteiger partial charge in [0.1, 0.15) is 82.3 Å². The number of nitrogens with zero attached hydrogens (tertiary/aromatic N) is 8. The first-order chi connectivity index (χ1) is 31.8. The highest BCUT2D eigenvalue weighted by Crippen LogP contribution is 2.23. The average molecular weight is 877 g/mol. The van der Waals surface area contributed by atoms with Gasteiger partial charge in [0.25, 0.3) is 0 Å². The molecular weight excluding hydrogens is 829 g/mol. The van der Waals surface area contributed by atoms with E-state index in [4.69, 9.17) is 18.9 Å². The molecule has 0 unspecified atom stereocenters. The number of rotatable bonds is 20. The molecule has 0 saturated heterocycles. The van der Waals surface area contributed by atoms with E-state index in [1.807, 2.05) is 122 Å². The molecule has 8 aromatic rings. The van der Waals surface area contributed by atoms with Gasteiger partial charge >= 0.3 is 23.9 Å². The predicted molar refractivity (Wildman–Crippen MR) is 232 cm³/mol. The molecule has 0 atom stereocenters. The van der Waals surface area contributed by atoms with Crippen LogP contribution in [0.4, 0.5) is 0 Å². The van der Waals surface area contributed by atoms with Crippen molar-refractivity contribution in [3.05, 3.63) is 147 Å². The summed E-state index contributed by atoms with van der Waals surface area (Å²) in [6.45, 7) is -0.740. The van der Waals surface area contributed by atoms with Crippen LogP contribution in [0.25, 0.3) is 43.1 Å². The lowest BCUT2D eigenvalue weighted by Crippen LogP contribution is -2.45. The Morgan fingerprint density at radius 3 is 0.800 bits per heavy atom. The Morgan fingerprint density at radius 2 is 0.569 bits per heavy atom. The molecule has 0 fully saturated rings. The van der Waals surface area contributed by atoms with Gasteiger partial charge in [-0.3, -0.25) is 19.2 Å². The maximum absolute atomic E-state index is 13.4. The fourth-order valence-corrected chi connectivity index (χ4v) is 7.09. The molecule has 0 N–H and O–H groups in total. The van der Waals surface area contributed by atoms with Crippen LogP contribution >= 0.6 is 0 Å². The van der Waals surface area contributed by atoms with Gasteiger partial charge in [0.05, 0.1) is 0 Å². The van der Waals surface area contributed by atoms with Crippen LogP contribution in [0.2, 0.25) is 0 Å². The predicted octanol–water partition coefficient (Wildman–Crippen LogP) is 3.85. The molecule has 0 saturated carbocycles. The molecule has 4 heterocycles. The monoisotopic (exact) mass is 876 g/mol. The van der Waals surface area contributed by atoms with Gasteiger partial charge in [0.2, 0.25) is 24.8 Å². The highest BCUT2D eigenvalue weighted by atomic mass is 16.6. The number of hydrogen-bond donors (Lipinski definition) is 0. The SMILES string of the molecule is O=C(CC[n+]1cc2ccccc2cn1)OCC(COC(=O)CC[n+]1cc2ccccc2cn1)(COC(=O)CC[n+]1cc2ccccc2cn1)COC(=O)CC[n+]1cc2ccccc2cn1. The summed E-state index contributed by atoms with van der Waals surface area (Å²) in [6.07, 6.45) is 14.1. The van der Waals surface area contributed by atoms with E-state index in [-0.39, 0.29) is 51.9 Å². The van der Waals surface area contributed by atoms with Crippen molar-refractivity contribution in [3.8, 4) is 0 Å². The molecule has 328 valence electrons. The largest absolute Gasteiger partial charge is 0.464 e. The number of esters is 4. The second kappa shape index (κ2) is 21.0. The van der Waals surface area contributed by atoms with Crippen molar-refractivity contribution in [2.75, 3.05) is 26.4 Å². The van der Waals surface area contributed by atoms with Crippen molar-refractivity contribution in [1.82, 2.24) is 20.4 Å². The van der Waals surface area contributed by atoms with E-state index < -0.39 is 55.7 Å². The van der Waals surface area contributed by atoms with Crippen molar-refractivity contribution in [1.29, 1.82) is 0 Å². The summed E-state index contributed by atoms with van der Waals surface area (Å²) in [5.41, 5.74) is -1.48. The minimum atomic E-state index is -1.48. The van der Waals surface area contributed by atoms with E-state index in [0.717, 1.165) is 43.1 Å². The molecule has 16 heteroatoms. The number of carbonyl (C=O) groups is 4. The lowest BCUT2D eigenvalue weighted by Gasteiger charge is -2.31. The van der Waals surface area contributed by atoms with Gasteiger partial charge in [0.15, 0.2) is 26.2 Å². The Morgan fingerprint density at radius 1 is 0.354 bits per heavy atom. The fourth-order valence-electron chi connectivity index (χ4n) is 7.09. The summed E-state index contributed by atoms with van der Waals surface area (Å²) in [5.74, 6) is -2.34. The zero-order valence-corrected chi connectivity index (χ0v) is 35.7. The molecule has 0 aliphatic rings. The normalized spacial score (nSPS) is 11.4. The van der Waals surface area contributed by atoms with E-state index in [1.54, 1.807) is 43.5 Å². The van der Waals surface area contributed by atoms with Crippen LogP contribution in [0.5, 0.6) is 0 Å². The highest BCUT2D eigenvalue weighted by molar-refractivity contribution is 5.82. The van der Waals surface area contributed by atoms with Crippen molar-refractivity contribution in [2.24, 2.45) is 5.41 Å². The first-order valence-corrected chi connectivity index (χ1v) is 21.4. The van der Waals surface area contributed by atoms with Gasteiger partial charge in [-0.25, -0.2) is 0 Å². The second-order valence-corrected chi connectivity index (χ2v) is 15.8. The molecule has 16 nitrogen and oxygen atoms in total. The van der Waals surface area contributed by atoms with Crippen LogP contribution in [0.15, 0.2) is 147 Å². The number of aryl methyl sites for hydroxylation is 4. The van der Waals surface area contributed by atoms with Crippen molar-refractivity contribution < 1.29 is 56.9 Å². The number of fused-ring (bicyclic) bond motifs is 4. The smallest absolute Gasteiger partial charge is 0.312 e. The zero-order valence-electron chi connectivity index (χ0n) is 35.7. The third-order valence-electron chi connectivity index (χ3n) is 10.9. The number of aromatic nitrogens is 8. The highest BCUT2D eigenvalue weighted by Gasteiger charge is 2.38. The summed E-state index contributed by atoms with van der Waals surface area (Å²) >= 11 is 0. The van der Waals surface area contributed by atoms with Gasteiger partial charge in [-0.1, -0.05) is 91.5 Å². The topological polar surface area (TPSA) is 172 Å². The van der Waals surface area contributed by atoms with E-state index in [2.05, 4.69) is 20.4 Å². The first-order valence-electron chi connectivity index (χ1n) is 21.4. The zero-order chi connectivity index (χ0) is 44.9. The van der Waals surface area contributed by atoms with E-state index in [1.165, 1.54) is 0 Å². The van der Waals surface area contributed by atoms with Gasteiger partial charge in [-0.05, 0) is 44.7 Å². The van der Waals surface area contributed by atoms with Gasteiger partial charge in [-0.2, -0.15) is 0 Å². The van der Waals surface area contributed by atoms with Crippen LogP contribution in [0.3, 0.4) is 0 Å². The molecule has 0 radical (unpaired) electrons. The maximum atomic E-state index is 13.4. The van der Waals surface area contributed by atoms with Crippen LogP contribution in [-0.4, -0.2) is 70.7 Å². The third kappa shape index (κ3) is 12.2. The molecule has 4 aromatic carbocycles. The fraction of sp³-hybridized carbons (Fsp3) is 0.265. The average Bonchev–Trinajstić information content (AvgIpc) is 3.35. The van der Waals surface area contributed by atoms with Crippen LogP contribution < -0.4 is 18.7 Å². The quantitative estimate of drug-likeness (QED) is 0.0617. The Bertz CT molecular complexity index is 2580. The summed E-state index contributed by atoms with van der Waals surface area (Å²) in [5, 5.41) is 25.3. The number of ether oxygens (including phenoxy) is 4. The molecule has 8 rings (SSSR count). The lowest BCUT2D eigenvalue weighted by molar-refractivity contribution is -0.751. The Balaban J connectivity index is 0.966. The molecule has 0 aliphatic heterocycles. The molecule has 0 amide bonds. The summed E-state index contributed by atoms with van der Waals surface area (Å²) in [4.78, 5) is 53.5. The first kappa shape index (κ1) is 43.8. The number of carbonyl (C=O) groups excluding carboxylic acids is 4.